The number of carbonyl (C=O) groups excluding carboxylic acids is 1. The van der Waals surface area contributed by atoms with Crippen LogP contribution in [0.15, 0.2) is 10.6 Å². The fourth-order valence-electron chi connectivity index (χ4n) is 1.49. The predicted molar refractivity (Wildman–Crippen MR) is 61.5 cm³/mol. The van der Waals surface area contributed by atoms with E-state index in [0.717, 1.165) is 0 Å². The van der Waals surface area contributed by atoms with Crippen LogP contribution in [-0.2, 0) is 9.53 Å². The van der Waals surface area contributed by atoms with Gasteiger partial charge in [0, 0.05) is 5.92 Å². The molecule has 0 fully saturated rings. The summed E-state index contributed by atoms with van der Waals surface area (Å²) < 4.78 is 5.92. The zero-order chi connectivity index (χ0) is 11.8. The van der Waals surface area contributed by atoms with Crippen molar-refractivity contribution in [1.82, 2.24) is 0 Å². The van der Waals surface area contributed by atoms with Gasteiger partial charge in [-0.05, 0) is 27.9 Å². The number of halogens is 1. The van der Waals surface area contributed by atoms with Gasteiger partial charge in [-0.2, -0.15) is 0 Å². The minimum atomic E-state index is -1.37. The molecule has 1 unspecified atom stereocenters. The minimum Gasteiger partial charge on any atom is -0.361 e. The summed E-state index contributed by atoms with van der Waals surface area (Å²) in [5.41, 5.74) is 0. The Morgan fingerprint density at radius 1 is 1.47 bits per heavy atom. The molecule has 0 saturated carbocycles. The Kier molecular flexibility index (Phi) is 3.74. The molecule has 86 valence electrons. The first kappa shape index (κ1) is 12.9. The quantitative estimate of drug-likeness (QED) is 0.842. The molecule has 1 N–H and O–H groups in total. The normalized spacial score (nSPS) is 32.4. The molecule has 3 nitrogen and oxygen atoms in total. The molecule has 0 aromatic heterocycles. The second-order valence-corrected chi connectivity index (χ2v) is 5.38. The van der Waals surface area contributed by atoms with Crippen LogP contribution in [-0.4, -0.2) is 22.8 Å². The van der Waals surface area contributed by atoms with E-state index in [1.165, 1.54) is 6.08 Å². The molecule has 1 heterocycles. The van der Waals surface area contributed by atoms with Crippen LogP contribution < -0.4 is 0 Å². The fraction of sp³-hybridized carbons (Fsp3) is 0.727. The zero-order valence-corrected chi connectivity index (χ0v) is 11.0. The Balaban J connectivity index is 3.05. The molecular weight excluding hydrogens is 260 g/mol. The minimum absolute atomic E-state index is 0.0552. The van der Waals surface area contributed by atoms with Crippen LogP contribution in [0.4, 0.5) is 0 Å². The number of aliphatic hydroxyl groups is 1. The van der Waals surface area contributed by atoms with Gasteiger partial charge in [0.05, 0.1) is 4.48 Å². The highest BCUT2D eigenvalue weighted by Crippen LogP contribution is 2.37. The van der Waals surface area contributed by atoms with Crippen molar-refractivity contribution >= 4 is 21.7 Å². The van der Waals surface area contributed by atoms with E-state index in [1.807, 2.05) is 27.7 Å². The van der Waals surface area contributed by atoms with Crippen LogP contribution in [0.3, 0.4) is 0 Å². The Hall–Kier alpha value is -0.190. The number of ketones is 1. The first-order chi connectivity index (χ1) is 6.79. The van der Waals surface area contributed by atoms with E-state index >= 15 is 0 Å². The van der Waals surface area contributed by atoms with Gasteiger partial charge >= 0.3 is 0 Å². The molecule has 15 heavy (non-hydrogen) atoms. The molecule has 1 aliphatic heterocycles. The van der Waals surface area contributed by atoms with Crippen LogP contribution in [0.5, 0.6) is 0 Å². The standard InChI is InChI=1S/C11H17BrO3/c1-6(2)10-8(13)5-9(12)11(14,15-10)7(3)4/h5-7,10,14H,1-4H3/t10?,11-/m1/s1. The Labute approximate surface area is 98.6 Å². The first-order valence-electron chi connectivity index (χ1n) is 5.10. The van der Waals surface area contributed by atoms with Gasteiger partial charge in [-0.25, -0.2) is 0 Å². The summed E-state index contributed by atoms with van der Waals surface area (Å²) in [7, 11) is 0. The number of hydrogen-bond donors (Lipinski definition) is 1. The summed E-state index contributed by atoms with van der Waals surface area (Å²) in [5.74, 6) is -1.53. The predicted octanol–water partition coefficient (Wildman–Crippen LogP) is 2.23. The van der Waals surface area contributed by atoms with Gasteiger partial charge in [0.2, 0.25) is 5.79 Å². The highest BCUT2D eigenvalue weighted by molar-refractivity contribution is 9.11. The van der Waals surface area contributed by atoms with Crippen molar-refractivity contribution < 1.29 is 14.6 Å². The molecule has 1 aliphatic rings. The molecule has 2 atom stereocenters. The maximum Gasteiger partial charge on any atom is 0.202 e. The summed E-state index contributed by atoms with van der Waals surface area (Å²) in [4.78, 5) is 11.6. The summed E-state index contributed by atoms with van der Waals surface area (Å²) >= 11 is 3.19. The highest BCUT2D eigenvalue weighted by Gasteiger charge is 2.44. The van der Waals surface area contributed by atoms with E-state index in [-0.39, 0.29) is 17.6 Å². The van der Waals surface area contributed by atoms with E-state index in [2.05, 4.69) is 15.9 Å². The maximum absolute atomic E-state index is 11.6. The van der Waals surface area contributed by atoms with Gasteiger partial charge in [-0.3, -0.25) is 4.79 Å². The van der Waals surface area contributed by atoms with Crippen molar-refractivity contribution in [2.45, 2.75) is 39.6 Å². The third-order valence-electron chi connectivity index (χ3n) is 2.59. The van der Waals surface area contributed by atoms with Crippen LogP contribution in [0, 0.1) is 11.8 Å². The molecule has 1 rings (SSSR count). The molecule has 0 saturated heterocycles. The lowest BCUT2D eigenvalue weighted by Crippen LogP contribution is -2.49. The van der Waals surface area contributed by atoms with Gasteiger partial charge in [0.15, 0.2) is 5.78 Å². The van der Waals surface area contributed by atoms with E-state index in [9.17, 15) is 9.90 Å². The number of carbonyl (C=O) groups is 1. The molecule has 0 amide bonds. The van der Waals surface area contributed by atoms with Gasteiger partial charge in [-0.15, -0.1) is 0 Å². The largest absolute Gasteiger partial charge is 0.361 e. The second-order valence-electron chi connectivity index (χ2n) is 4.53. The molecule has 0 spiro atoms. The number of ether oxygens (including phenoxy) is 1. The first-order valence-corrected chi connectivity index (χ1v) is 5.90. The third kappa shape index (κ3) is 2.32. The van der Waals surface area contributed by atoms with Crippen LogP contribution in [0.25, 0.3) is 0 Å². The second kappa shape index (κ2) is 4.36. The van der Waals surface area contributed by atoms with E-state index < -0.39 is 11.9 Å². The molecule has 0 aromatic rings. The Morgan fingerprint density at radius 2 is 2.00 bits per heavy atom. The summed E-state index contributed by atoms with van der Waals surface area (Å²) in [5, 5.41) is 10.3. The van der Waals surface area contributed by atoms with Crippen molar-refractivity contribution in [3.8, 4) is 0 Å². The average molecular weight is 277 g/mol. The molecular formula is C11H17BrO3. The van der Waals surface area contributed by atoms with Gasteiger partial charge in [0.25, 0.3) is 0 Å². The van der Waals surface area contributed by atoms with Crippen LogP contribution in [0.1, 0.15) is 27.7 Å². The summed E-state index contributed by atoms with van der Waals surface area (Å²) in [6.45, 7) is 7.50. The number of hydrogen-bond acceptors (Lipinski definition) is 3. The Morgan fingerprint density at radius 3 is 2.40 bits per heavy atom. The van der Waals surface area contributed by atoms with Crippen molar-refractivity contribution in [3.63, 3.8) is 0 Å². The van der Waals surface area contributed by atoms with Gasteiger partial charge in [0.1, 0.15) is 6.10 Å². The smallest absolute Gasteiger partial charge is 0.202 e. The molecule has 4 heteroatoms. The SMILES string of the molecule is CC(C)C1O[C@](O)(C(C)C)C(Br)=CC1=O. The summed E-state index contributed by atoms with van der Waals surface area (Å²) in [6.07, 6.45) is 0.868. The number of rotatable bonds is 2. The van der Waals surface area contributed by atoms with Gasteiger partial charge < -0.3 is 9.84 Å². The lowest BCUT2D eigenvalue weighted by Gasteiger charge is -2.39. The topological polar surface area (TPSA) is 46.5 Å². The van der Waals surface area contributed by atoms with Crippen LogP contribution in [0.2, 0.25) is 0 Å². The summed E-state index contributed by atoms with van der Waals surface area (Å²) in [6, 6.07) is 0. The Bertz CT molecular complexity index is 296. The average Bonchev–Trinajstić information content (AvgIpc) is 2.10. The maximum atomic E-state index is 11.6. The molecule has 0 bridgehead atoms. The lowest BCUT2D eigenvalue weighted by molar-refractivity contribution is -0.232. The molecule has 0 radical (unpaired) electrons. The fourth-order valence-corrected chi connectivity index (χ4v) is 2.27. The molecule has 0 aromatic carbocycles. The third-order valence-corrected chi connectivity index (χ3v) is 3.38. The van der Waals surface area contributed by atoms with Crippen molar-refractivity contribution in [3.05, 3.63) is 10.6 Å². The van der Waals surface area contributed by atoms with Crippen molar-refractivity contribution in [1.29, 1.82) is 0 Å². The van der Waals surface area contributed by atoms with E-state index in [1.54, 1.807) is 0 Å². The zero-order valence-electron chi connectivity index (χ0n) is 9.45. The van der Waals surface area contributed by atoms with E-state index in [4.69, 9.17) is 4.74 Å². The lowest BCUT2D eigenvalue weighted by atomic mass is 9.94. The van der Waals surface area contributed by atoms with Gasteiger partial charge in [-0.1, -0.05) is 27.7 Å². The van der Waals surface area contributed by atoms with Crippen LogP contribution >= 0.6 is 15.9 Å². The molecule has 0 aliphatic carbocycles. The highest BCUT2D eigenvalue weighted by atomic mass is 79.9. The van der Waals surface area contributed by atoms with Crippen molar-refractivity contribution in [2.75, 3.05) is 0 Å². The van der Waals surface area contributed by atoms with E-state index in [0.29, 0.717) is 4.48 Å². The van der Waals surface area contributed by atoms with Crippen molar-refractivity contribution in [2.24, 2.45) is 11.8 Å². The monoisotopic (exact) mass is 276 g/mol.